The Morgan fingerprint density at radius 1 is 0.973 bits per heavy atom. The number of carbonyl (C=O) groups is 2. The summed E-state index contributed by atoms with van der Waals surface area (Å²) in [7, 11) is 0. The highest BCUT2D eigenvalue weighted by molar-refractivity contribution is 6.31. The molecule has 2 aliphatic rings. The molecule has 0 radical (unpaired) electrons. The van der Waals surface area contributed by atoms with Gasteiger partial charge in [0.15, 0.2) is 0 Å². The summed E-state index contributed by atoms with van der Waals surface area (Å²) in [5.41, 5.74) is 4.22. The summed E-state index contributed by atoms with van der Waals surface area (Å²) in [6, 6.07) is 14.5. The van der Waals surface area contributed by atoms with E-state index in [0.717, 1.165) is 35.8 Å². The van der Waals surface area contributed by atoms with E-state index in [1.807, 2.05) is 61.8 Å². The van der Waals surface area contributed by atoms with Crippen molar-refractivity contribution in [2.45, 2.75) is 53.1 Å². The molecule has 37 heavy (non-hydrogen) atoms. The lowest BCUT2D eigenvalue weighted by atomic mass is 9.91. The maximum atomic E-state index is 13.4. The molecular weight excluding hydrogens is 484 g/mol. The molecule has 200 valence electrons. The van der Waals surface area contributed by atoms with Crippen molar-refractivity contribution >= 4 is 23.4 Å². The number of halogens is 1. The largest absolute Gasteiger partial charge is 0.339 e. The van der Waals surface area contributed by atoms with Gasteiger partial charge in [-0.2, -0.15) is 0 Å². The van der Waals surface area contributed by atoms with E-state index >= 15 is 0 Å². The molecule has 2 amide bonds. The Hall–Kier alpha value is -2.41. The quantitative estimate of drug-likeness (QED) is 0.603. The van der Waals surface area contributed by atoms with Crippen LogP contribution in [0, 0.1) is 18.3 Å². The maximum absolute atomic E-state index is 13.4. The van der Waals surface area contributed by atoms with E-state index < -0.39 is 0 Å². The van der Waals surface area contributed by atoms with Crippen molar-refractivity contribution < 1.29 is 9.59 Å². The molecule has 2 aromatic rings. The van der Waals surface area contributed by atoms with Crippen molar-refractivity contribution in [3.8, 4) is 0 Å². The molecule has 7 heteroatoms. The van der Waals surface area contributed by atoms with Crippen LogP contribution in [0.3, 0.4) is 0 Å². The predicted octanol–water partition coefficient (Wildman–Crippen LogP) is 4.52. The zero-order valence-corrected chi connectivity index (χ0v) is 23.6. The number of amides is 2. The molecule has 3 unspecified atom stereocenters. The number of piperazine rings is 2. The first-order valence-electron chi connectivity index (χ1n) is 13.4. The molecule has 6 nitrogen and oxygen atoms in total. The van der Waals surface area contributed by atoms with Gasteiger partial charge in [0, 0.05) is 55.6 Å². The Balaban J connectivity index is 1.43. The minimum Gasteiger partial charge on any atom is -0.339 e. The highest BCUT2D eigenvalue weighted by Crippen LogP contribution is 2.28. The second-order valence-electron chi connectivity index (χ2n) is 11.6. The van der Waals surface area contributed by atoms with Gasteiger partial charge < -0.3 is 20.4 Å². The van der Waals surface area contributed by atoms with Crippen molar-refractivity contribution in [2.24, 2.45) is 11.3 Å². The molecule has 2 fully saturated rings. The van der Waals surface area contributed by atoms with Crippen LogP contribution in [-0.4, -0.2) is 60.9 Å². The maximum Gasteiger partial charge on any atom is 0.228 e. The molecule has 2 N–H and O–H groups in total. The number of nitrogens with zero attached hydrogens (tertiary/aromatic N) is 2. The lowest BCUT2D eigenvalue weighted by molar-refractivity contribution is -0.140. The normalized spacial score (nSPS) is 21.6. The zero-order chi connectivity index (χ0) is 26.7. The average Bonchev–Trinajstić information content (AvgIpc) is 2.88. The topological polar surface area (TPSA) is 64.7 Å². The molecule has 4 rings (SSSR count). The van der Waals surface area contributed by atoms with Crippen molar-refractivity contribution in [1.29, 1.82) is 0 Å². The minimum atomic E-state index is -0.386. The number of hydrogen-bond donors (Lipinski definition) is 2. The fourth-order valence-corrected chi connectivity index (χ4v) is 5.75. The smallest absolute Gasteiger partial charge is 0.228 e. The van der Waals surface area contributed by atoms with E-state index in [4.69, 9.17) is 11.6 Å². The molecule has 2 saturated heterocycles. The van der Waals surface area contributed by atoms with Gasteiger partial charge in [0.05, 0.1) is 12.1 Å². The summed E-state index contributed by atoms with van der Waals surface area (Å²) in [5.74, 6) is 0.246. The molecule has 0 saturated carbocycles. The first-order chi connectivity index (χ1) is 17.5. The first-order valence-corrected chi connectivity index (χ1v) is 13.8. The molecule has 3 atom stereocenters. The molecular formula is C30H41ClN4O2. The molecule has 0 bridgehead atoms. The number of hydrogen-bond acceptors (Lipinski definition) is 4. The Morgan fingerprint density at radius 2 is 1.59 bits per heavy atom. The monoisotopic (exact) mass is 524 g/mol. The summed E-state index contributed by atoms with van der Waals surface area (Å²) in [4.78, 5) is 30.3. The molecule has 2 heterocycles. The average molecular weight is 525 g/mol. The van der Waals surface area contributed by atoms with Gasteiger partial charge in [-0.1, -0.05) is 75.7 Å². The molecule has 0 aromatic heterocycles. The summed E-state index contributed by atoms with van der Waals surface area (Å²) in [6.45, 7) is 14.3. The Morgan fingerprint density at radius 3 is 2.27 bits per heavy atom. The summed E-state index contributed by atoms with van der Waals surface area (Å²) in [6.07, 6.45) is 0.685. The van der Waals surface area contributed by atoms with E-state index in [1.165, 1.54) is 11.1 Å². The highest BCUT2D eigenvalue weighted by atomic mass is 35.5. The third-order valence-corrected chi connectivity index (χ3v) is 7.90. The van der Waals surface area contributed by atoms with Gasteiger partial charge in [0.25, 0.3) is 0 Å². The lowest BCUT2D eigenvalue weighted by Crippen LogP contribution is -2.51. The SMILES string of the molecule is Cc1ccc(CC(C)C(=O)N2CCNC(c3ccccc3Cl)C2)cc1C1CN(C(=O)C(C)(C)C)CCN1. The number of carbonyl (C=O) groups excluding carboxylic acids is 2. The zero-order valence-electron chi connectivity index (χ0n) is 22.8. The van der Waals surface area contributed by atoms with E-state index in [2.05, 4.69) is 35.8 Å². The van der Waals surface area contributed by atoms with Crippen LogP contribution in [0.15, 0.2) is 42.5 Å². The van der Waals surface area contributed by atoms with Crippen LogP contribution in [0.1, 0.15) is 62.0 Å². The van der Waals surface area contributed by atoms with Gasteiger partial charge in [-0.05, 0) is 41.7 Å². The molecule has 0 spiro atoms. The van der Waals surface area contributed by atoms with Crippen molar-refractivity contribution in [3.05, 3.63) is 69.7 Å². The molecule has 2 aliphatic heterocycles. The van der Waals surface area contributed by atoms with Crippen LogP contribution in [0.25, 0.3) is 0 Å². The van der Waals surface area contributed by atoms with Crippen LogP contribution in [0.2, 0.25) is 5.02 Å². The van der Waals surface area contributed by atoms with Crippen LogP contribution in [0.4, 0.5) is 0 Å². The second-order valence-corrected chi connectivity index (χ2v) is 12.0. The number of benzene rings is 2. The van der Waals surface area contributed by atoms with Crippen LogP contribution >= 0.6 is 11.6 Å². The summed E-state index contributed by atoms with van der Waals surface area (Å²) in [5, 5.41) is 7.84. The number of rotatable bonds is 5. The fraction of sp³-hybridized carbons (Fsp3) is 0.533. The third-order valence-electron chi connectivity index (χ3n) is 7.55. The minimum absolute atomic E-state index is 0.0423. The third kappa shape index (κ3) is 6.54. The fourth-order valence-electron chi connectivity index (χ4n) is 5.48. The van der Waals surface area contributed by atoms with E-state index in [0.29, 0.717) is 26.1 Å². The predicted molar refractivity (Wildman–Crippen MR) is 150 cm³/mol. The Kier molecular flexibility index (Phi) is 8.62. The van der Waals surface area contributed by atoms with Gasteiger partial charge >= 0.3 is 0 Å². The standard InChI is InChI=1S/C30H41ClN4O2/c1-20-10-11-22(17-24(20)27-19-35(15-13-33-27)29(37)30(3,4)5)16-21(2)28(36)34-14-12-32-26(18-34)23-8-6-7-9-25(23)31/h6-11,17,21,26-27,32-33H,12-16,18-19H2,1-5H3. The van der Waals surface area contributed by atoms with Gasteiger partial charge in [-0.15, -0.1) is 0 Å². The van der Waals surface area contributed by atoms with Crippen molar-refractivity contribution in [3.63, 3.8) is 0 Å². The number of nitrogens with one attached hydrogen (secondary N) is 2. The summed E-state index contributed by atoms with van der Waals surface area (Å²) < 4.78 is 0. The van der Waals surface area contributed by atoms with E-state index in [9.17, 15) is 9.59 Å². The van der Waals surface area contributed by atoms with Crippen LogP contribution in [0.5, 0.6) is 0 Å². The van der Waals surface area contributed by atoms with Crippen LogP contribution in [-0.2, 0) is 16.0 Å². The lowest BCUT2D eigenvalue weighted by Gasteiger charge is -2.38. The van der Waals surface area contributed by atoms with Crippen LogP contribution < -0.4 is 10.6 Å². The van der Waals surface area contributed by atoms with E-state index in [-0.39, 0.29) is 35.2 Å². The van der Waals surface area contributed by atoms with Gasteiger partial charge in [0.1, 0.15) is 0 Å². The first kappa shape index (κ1) is 27.6. The molecule has 0 aliphatic carbocycles. The van der Waals surface area contributed by atoms with Crippen molar-refractivity contribution in [1.82, 2.24) is 20.4 Å². The summed E-state index contributed by atoms with van der Waals surface area (Å²) >= 11 is 6.42. The van der Waals surface area contributed by atoms with E-state index in [1.54, 1.807) is 0 Å². The Bertz CT molecular complexity index is 1130. The van der Waals surface area contributed by atoms with Gasteiger partial charge in [0.2, 0.25) is 11.8 Å². The van der Waals surface area contributed by atoms with Gasteiger partial charge in [-0.25, -0.2) is 0 Å². The Labute approximate surface area is 226 Å². The molecule has 2 aromatic carbocycles. The number of aryl methyl sites for hydroxylation is 1. The highest BCUT2D eigenvalue weighted by Gasteiger charge is 2.32. The van der Waals surface area contributed by atoms with Gasteiger partial charge in [-0.3, -0.25) is 9.59 Å². The second kappa shape index (κ2) is 11.5. The van der Waals surface area contributed by atoms with Crippen molar-refractivity contribution in [2.75, 3.05) is 39.3 Å².